The van der Waals surface area contributed by atoms with Crippen LogP contribution in [0.4, 0.5) is 14.5 Å². The van der Waals surface area contributed by atoms with Gasteiger partial charge in [-0.15, -0.1) is 0 Å². The normalized spacial score (nSPS) is 10.1. The molecule has 2 rings (SSSR count). The number of carbonyl (C=O) groups is 3. The molecule has 25 heavy (non-hydrogen) atoms. The van der Waals surface area contributed by atoms with Crippen LogP contribution in [-0.4, -0.2) is 32.1 Å². The molecule has 2 aromatic carbocycles. The summed E-state index contributed by atoms with van der Waals surface area (Å²) in [6.45, 7) is 0. The van der Waals surface area contributed by atoms with Crippen LogP contribution in [0, 0.1) is 11.6 Å². The molecule has 0 bridgehead atoms. The quantitative estimate of drug-likeness (QED) is 0.859. The summed E-state index contributed by atoms with van der Waals surface area (Å²) in [5.41, 5.74) is -0.500. The monoisotopic (exact) mass is 349 g/mol. The summed E-state index contributed by atoms with van der Waals surface area (Å²) in [4.78, 5) is 35.6. The number of carbonyl (C=O) groups excluding carboxylic acids is 3. The highest BCUT2D eigenvalue weighted by atomic mass is 19.1. The Bertz CT molecular complexity index is 851. The first-order chi connectivity index (χ1) is 11.9. The predicted molar refractivity (Wildman–Crippen MR) is 83.4 cm³/mol. The van der Waals surface area contributed by atoms with Gasteiger partial charge < -0.3 is 14.8 Å². The molecule has 1 N–H and O–H groups in total. The van der Waals surface area contributed by atoms with E-state index in [1.54, 1.807) is 0 Å². The summed E-state index contributed by atoms with van der Waals surface area (Å²) in [6.07, 6.45) is 0. The highest BCUT2D eigenvalue weighted by Crippen LogP contribution is 2.21. The Morgan fingerprint density at radius 1 is 0.880 bits per heavy atom. The van der Waals surface area contributed by atoms with Gasteiger partial charge >= 0.3 is 11.9 Å². The molecule has 0 saturated heterocycles. The molecular weight excluding hydrogens is 336 g/mol. The molecule has 0 fully saturated rings. The Balaban J connectivity index is 2.42. The van der Waals surface area contributed by atoms with Crippen LogP contribution in [0.1, 0.15) is 31.1 Å². The number of esters is 2. The molecule has 0 unspecified atom stereocenters. The van der Waals surface area contributed by atoms with Crippen molar-refractivity contribution in [3.05, 3.63) is 64.7 Å². The van der Waals surface area contributed by atoms with Gasteiger partial charge in [0.1, 0.15) is 11.6 Å². The van der Waals surface area contributed by atoms with Crippen LogP contribution in [0.15, 0.2) is 36.4 Å². The van der Waals surface area contributed by atoms with Gasteiger partial charge in [0.05, 0.1) is 36.6 Å². The minimum atomic E-state index is -1.07. The second-order valence-electron chi connectivity index (χ2n) is 4.82. The zero-order valence-electron chi connectivity index (χ0n) is 13.3. The van der Waals surface area contributed by atoms with Gasteiger partial charge in [-0.3, -0.25) is 4.79 Å². The predicted octanol–water partition coefficient (Wildman–Crippen LogP) is 2.79. The molecule has 6 nitrogen and oxygen atoms in total. The van der Waals surface area contributed by atoms with Crippen molar-refractivity contribution in [2.75, 3.05) is 19.5 Å². The van der Waals surface area contributed by atoms with Crippen molar-refractivity contribution in [2.45, 2.75) is 0 Å². The van der Waals surface area contributed by atoms with Crippen LogP contribution in [-0.2, 0) is 9.47 Å². The lowest BCUT2D eigenvalue weighted by atomic mass is 10.1. The Labute approximate surface area is 141 Å². The number of halogens is 2. The second-order valence-corrected chi connectivity index (χ2v) is 4.82. The maximum atomic E-state index is 13.7. The third kappa shape index (κ3) is 3.97. The molecule has 130 valence electrons. The van der Waals surface area contributed by atoms with Crippen LogP contribution in [0.3, 0.4) is 0 Å². The molecule has 8 heteroatoms. The van der Waals surface area contributed by atoms with Crippen LogP contribution in [0.2, 0.25) is 0 Å². The average Bonchev–Trinajstić information content (AvgIpc) is 2.60. The first kappa shape index (κ1) is 18.1. The van der Waals surface area contributed by atoms with Crippen LogP contribution < -0.4 is 5.32 Å². The maximum Gasteiger partial charge on any atom is 0.339 e. The van der Waals surface area contributed by atoms with Gasteiger partial charge in [0.15, 0.2) is 0 Å². The maximum absolute atomic E-state index is 13.7. The van der Waals surface area contributed by atoms with Crippen molar-refractivity contribution in [1.82, 2.24) is 0 Å². The zero-order chi connectivity index (χ0) is 18.6. The zero-order valence-corrected chi connectivity index (χ0v) is 13.3. The lowest BCUT2D eigenvalue weighted by molar-refractivity contribution is 0.0587. The van der Waals surface area contributed by atoms with Gasteiger partial charge in [-0.25, -0.2) is 18.4 Å². The number of benzene rings is 2. The van der Waals surface area contributed by atoms with E-state index in [2.05, 4.69) is 14.8 Å². The van der Waals surface area contributed by atoms with Crippen molar-refractivity contribution in [1.29, 1.82) is 0 Å². The molecule has 0 heterocycles. The van der Waals surface area contributed by atoms with Crippen molar-refractivity contribution in [3.8, 4) is 0 Å². The number of rotatable bonds is 4. The first-order valence-electron chi connectivity index (χ1n) is 6.94. The van der Waals surface area contributed by atoms with E-state index in [1.165, 1.54) is 25.3 Å². The second kappa shape index (κ2) is 7.52. The number of amides is 1. The van der Waals surface area contributed by atoms with Gasteiger partial charge in [0.2, 0.25) is 0 Å². The number of nitrogens with one attached hydrogen (secondary N) is 1. The van der Waals surface area contributed by atoms with Gasteiger partial charge in [-0.1, -0.05) is 0 Å². The van der Waals surface area contributed by atoms with Crippen molar-refractivity contribution < 1.29 is 32.6 Å². The molecule has 1 amide bonds. The lowest BCUT2D eigenvalue weighted by Crippen LogP contribution is -2.17. The lowest BCUT2D eigenvalue weighted by Gasteiger charge is -2.12. The third-order valence-electron chi connectivity index (χ3n) is 3.27. The number of hydrogen-bond acceptors (Lipinski definition) is 5. The van der Waals surface area contributed by atoms with Crippen LogP contribution in [0.25, 0.3) is 0 Å². The Morgan fingerprint density at radius 3 is 2.12 bits per heavy atom. The van der Waals surface area contributed by atoms with Crippen molar-refractivity contribution >= 4 is 23.5 Å². The molecule has 2 aromatic rings. The third-order valence-corrected chi connectivity index (χ3v) is 3.27. The fourth-order valence-corrected chi connectivity index (χ4v) is 2.04. The minimum Gasteiger partial charge on any atom is -0.465 e. The van der Waals surface area contributed by atoms with E-state index in [1.807, 2.05) is 0 Å². The SMILES string of the molecule is COC(=O)c1ccc(C(=O)OC)c(NC(=O)c2ccc(F)cc2F)c1. The number of ether oxygens (including phenoxy) is 2. The van der Waals surface area contributed by atoms with E-state index in [4.69, 9.17) is 0 Å². The standard InChI is InChI=1S/C17H13F2NO5/c1-24-16(22)9-3-5-12(17(23)25-2)14(7-9)20-15(21)11-6-4-10(18)8-13(11)19/h3-8H,1-2H3,(H,20,21). The van der Waals surface area contributed by atoms with E-state index in [9.17, 15) is 23.2 Å². The van der Waals surface area contributed by atoms with Crippen molar-refractivity contribution in [2.24, 2.45) is 0 Å². The Kier molecular flexibility index (Phi) is 5.43. The summed E-state index contributed by atoms with van der Waals surface area (Å²) in [7, 11) is 2.31. The topological polar surface area (TPSA) is 81.7 Å². The highest BCUT2D eigenvalue weighted by molar-refractivity contribution is 6.09. The van der Waals surface area contributed by atoms with Crippen LogP contribution >= 0.6 is 0 Å². The summed E-state index contributed by atoms with van der Waals surface area (Å²) < 4.78 is 35.8. The van der Waals surface area contributed by atoms with E-state index < -0.39 is 35.0 Å². The Hall–Kier alpha value is -3.29. The smallest absolute Gasteiger partial charge is 0.339 e. The minimum absolute atomic E-state index is 0.0500. The highest BCUT2D eigenvalue weighted by Gasteiger charge is 2.19. The Morgan fingerprint density at radius 2 is 1.52 bits per heavy atom. The van der Waals surface area contributed by atoms with Gasteiger partial charge in [0.25, 0.3) is 5.91 Å². The van der Waals surface area contributed by atoms with Gasteiger partial charge in [-0.2, -0.15) is 0 Å². The fourth-order valence-electron chi connectivity index (χ4n) is 2.04. The van der Waals surface area contributed by atoms with E-state index in [0.717, 1.165) is 19.2 Å². The van der Waals surface area contributed by atoms with Crippen LogP contribution in [0.5, 0.6) is 0 Å². The number of methoxy groups -OCH3 is 2. The molecule has 0 aromatic heterocycles. The summed E-state index contributed by atoms with van der Waals surface area (Å²) >= 11 is 0. The summed E-state index contributed by atoms with van der Waals surface area (Å²) in [6, 6.07) is 6.20. The number of anilines is 1. The summed E-state index contributed by atoms with van der Waals surface area (Å²) in [5.74, 6) is -4.30. The van der Waals surface area contributed by atoms with E-state index in [-0.39, 0.29) is 16.8 Å². The molecule has 0 spiro atoms. The largest absolute Gasteiger partial charge is 0.465 e. The summed E-state index contributed by atoms with van der Waals surface area (Å²) in [5, 5.41) is 2.31. The van der Waals surface area contributed by atoms with Gasteiger partial charge in [0, 0.05) is 6.07 Å². The molecule has 0 atom stereocenters. The average molecular weight is 349 g/mol. The molecule has 0 saturated carbocycles. The fraction of sp³-hybridized carbons (Fsp3) is 0.118. The molecule has 0 radical (unpaired) electrons. The van der Waals surface area contributed by atoms with E-state index >= 15 is 0 Å². The van der Waals surface area contributed by atoms with Gasteiger partial charge in [-0.05, 0) is 30.3 Å². The molecule has 0 aliphatic heterocycles. The van der Waals surface area contributed by atoms with Crippen molar-refractivity contribution in [3.63, 3.8) is 0 Å². The molecular formula is C17H13F2NO5. The van der Waals surface area contributed by atoms with E-state index in [0.29, 0.717) is 6.07 Å². The number of hydrogen-bond donors (Lipinski definition) is 1. The molecule has 0 aliphatic carbocycles. The first-order valence-corrected chi connectivity index (χ1v) is 6.94. The molecule has 0 aliphatic rings.